The van der Waals surface area contributed by atoms with Crippen molar-refractivity contribution in [3.8, 4) is 0 Å². The van der Waals surface area contributed by atoms with Gasteiger partial charge in [0.2, 0.25) is 0 Å². The summed E-state index contributed by atoms with van der Waals surface area (Å²) in [5.74, 6) is 0. The first kappa shape index (κ1) is 19.6. The van der Waals surface area contributed by atoms with E-state index in [0.29, 0.717) is 0 Å². The van der Waals surface area contributed by atoms with Gasteiger partial charge in [-0.05, 0) is 41.9 Å². The van der Waals surface area contributed by atoms with Crippen LogP contribution in [0.5, 0.6) is 0 Å². The molecule has 0 fully saturated rings. The smallest absolute Gasteiger partial charge is 0.0786 e. The molecule has 0 aliphatic rings. The maximum Gasteiger partial charge on any atom is 0.0786 e. The van der Waals surface area contributed by atoms with Gasteiger partial charge in [-0.1, -0.05) is 109 Å². The molecule has 29 heavy (non-hydrogen) atoms. The predicted molar refractivity (Wildman–Crippen MR) is 129 cm³/mol. The summed E-state index contributed by atoms with van der Waals surface area (Å²) in [6, 6.07) is 39.5. The molecule has 0 saturated heterocycles. The van der Waals surface area contributed by atoms with Crippen molar-refractivity contribution in [3.63, 3.8) is 0 Å². The monoisotopic (exact) mass is 414 g/mol. The van der Waals surface area contributed by atoms with E-state index in [1.807, 2.05) is 49.4 Å². The molecule has 4 rings (SSSR count). The summed E-state index contributed by atoms with van der Waals surface area (Å²) in [6.45, 7) is -0.165. The molecule has 0 aromatic heterocycles. The van der Waals surface area contributed by atoms with Crippen molar-refractivity contribution in [2.45, 2.75) is 11.8 Å². The van der Waals surface area contributed by atoms with Gasteiger partial charge in [0.1, 0.15) is 0 Å². The highest BCUT2D eigenvalue weighted by molar-refractivity contribution is 8.14. The zero-order valence-corrected chi connectivity index (χ0v) is 18.0. The summed E-state index contributed by atoms with van der Waals surface area (Å²) in [7, 11) is -1.24. The molecular weight excluding hydrogens is 391 g/mol. The third kappa shape index (κ3) is 4.05. The Labute approximate surface area is 175 Å². The summed E-state index contributed by atoms with van der Waals surface area (Å²) < 4.78 is 13.6. The van der Waals surface area contributed by atoms with Crippen LogP contribution >= 0.6 is 6.89 Å². The van der Waals surface area contributed by atoms with Crippen molar-refractivity contribution in [3.05, 3.63) is 121 Å². The summed E-state index contributed by atoms with van der Waals surface area (Å²) in [5.41, 5.74) is 1.17. The molecule has 1 nitrogen and oxygen atoms in total. The average Bonchev–Trinajstić information content (AvgIpc) is 2.79. The van der Waals surface area contributed by atoms with E-state index in [1.165, 1.54) is 21.5 Å². The van der Waals surface area contributed by atoms with Crippen LogP contribution in [0.15, 0.2) is 120 Å². The highest BCUT2D eigenvalue weighted by Crippen LogP contribution is 2.44. The van der Waals surface area contributed by atoms with E-state index in [2.05, 4.69) is 77.9 Å². The number of rotatable bonds is 5. The Morgan fingerprint density at radius 1 is 0.586 bits per heavy atom. The topological polar surface area (TPSA) is 17.1 Å². The molecule has 1 unspecified atom stereocenters. The van der Waals surface area contributed by atoms with E-state index in [4.69, 9.17) is 0 Å². The van der Waals surface area contributed by atoms with Gasteiger partial charge in [0.05, 0.1) is 10.8 Å². The molecule has 3 heteroatoms. The minimum atomic E-state index is -2.21. The summed E-state index contributed by atoms with van der Waals surface area (Å²) >= 11 is 0. The van der Waals surface area contributed by atoms with Crippen LogP contribution < -0.4 is 15.9 Å². The molecule has 0 N–H and O–H groups in total. The zero-order valence-electron chi connectivity index (χ0n) is 16.3. The molecule has 4 aromatic carbocycles. The lowest BCUT2D eigenvalue weighted by molar-refractivity contribution is 0.690. The van der Waals surface area contributed by atoms with Gasteiger partial charge in [0, 0.05) is 10.0 Å². The lowest BCUT2D eigenvalue weighted by atomic mass is 10.2. The largest absolute Gasteiger partial charge is 0.250 e. The molecule has 144 valence electrons. The van der Waals surface area contributed by atoms with Gasteiger partial charge in [-0.15, -0.1) is 0 Å². The minimum absolute atomic E-state index is 0.836. The molecular formula is C26H23OPS. The Morgan fingerprint density at radius 3 is 1.34 bits per heavy atom. The molecule has 0 heterocycles. The van der Waals surface area contributed by atoms with E-state index in [9.17, 15) is 4.21 Å². The number of hydrogen-bond donors (Lipinski definition) is 0. The standard InChI is InChI=1S/C26H23OPS/c1-22-17-19-26(20-18-22)29(27)21-28(23-11-5-2-6-12-23,24-13-7-3-8-14-24)25-15-9-4-10-16-25/h2-21H,1H3. The molecule has 1 atom stereocenters. The van der Waals surface area contributed by atoms with Crippen LogP contribution in [0.4, 0.5) is 0 Å². The third-order valence-electron chi connectivity index (χ3n) is 5.00. The first-order chi connectivity index (χ1) is 14.2. The Morgan fingerprint density at radius 2 is 0.966 bits per heavy atom. The van der Waals surface area contributed by atoms with E-state index in [-0.39, 0.29) is 0 Å². The third-order valence-corrected chi connectivity index (χ3v) is 11.1. The molecule has 0 radical (unpaired) electrons. The van der Waals surface area contributed by atoms with Crippen LogP contribution in [0.25, 0.3) is 0 Å². The second-order valence-electron chi connectivity index (χ2n) is 6.95. The number of benzene rings is 4. The Hall–Kier alpha value is -2.67. The molecule has 0 amide bonds. The highest BCUT2D eigenvalue weighted by atomic mass is 32.2. The number of aryl methyl sites for hydroxylation is 1. The Kier molecular flexibility index (Phi) is 5.94. The fourth-order valence-electron chi connectivity index (χ4n) is 3.50. The van der Waals surface area contributed by atoms with Crippen molar-refractivity contribution in [2.75, 3.05) is 0 Å². The fraction of sp³-hybridized carbons (Fsp3) is 0.0385. The van der Waals surface area contributed by atoms with Crippen LogP contribution in [0.1, 0.15) is 5.56 Å². The Bertz CT molecular complexity index is 1050. The van der Waals surface area contributed by atoms with Crippen molar-refractivity contribution < 1.29 is 4.21 Å². The molecule has 0 aliphatic carbocycles. The summed E-state index contributed by atoms with van der Waals surface area (Å²) in [6.07, 6.45) is 0. The lowest BCUT2D eigenvalue weighted by Gasteiger charge is -2.28. The van der Waals surface area contributed by atoms with Crippen LogP contribution in [-0.2, 0) is 10.8 Å². The quantitative estimate of drug-likeness (QED) is 0.427. The molecule has 4 aromatic rings. The van der Waals surface area contributed by atoms with E-state index in [1.54, 1.807) is 0 Å². The second kappa shape index (κ2) is 8.78. The van der Waals surface area contributed by atoms with Crippen LogP contribution in [0, 0.1) is 6.92 Å². The minimum Gasteiger partial charge on any atom is -0.250 e. The van der Waals surface area contributed by atoms with Crippen LogP contribution in [-0.4, -0.2) is 9.34 Å². The first-order valence-corrected chi connectivity index (χ1v) is 12.7. The fourth-order valence-corrected chi connectivity index (χ4v) is 9.82. The molecule has 0 saturated carbocycles. The van der Waals surface area contributed by atoms with Gasteiger partial charge in [-0.2, -0.15) is 0 Å². The van der Waals surface area contributed by atoms with Gasteiger partial charge in [0.25, 0.3) is 0 Å². The lowest BCUT2D eigenvalue weighted by Crippen LogP contribution is -2.27. The van der Waals surface area contributed by atoms with Gasteiger partial charge in [-0.25, -0.2) is 4.21 Å². The molecule has 0 bridgehead atoms. The van der Waals surface area contributed by atoms with Crippen molar-refractivity contribution in [2.24, 2.45) is 0 Å². The van der Waals surface area contributed by atoms with Gasteiger partial charge >= 0.3 is 0 Å². The van der Waals surface area contributed by atoms with E-state index >= 15 is 0 Å². The maximum atomic E-state index is 13.6. The second-order valence-corrected chi connectivity index (χ2v) is 11.8. The number of hydrogen-bond acceptors (Lipinski definition) is 1. The van der Waals surface area contributed by atoms with Gasteiger partial charge in [-0.3, -0.25) is 0 Å². The van der Waals surface area contributed by atoms with Crippen LogP contribution in [0.2, 0.25) is 0 Å². The van der Waals surface area contributed by atoms with Gasteiger partial charge < -0.3 is 0 Å². The van der Waals surface area contributed by atoms with Crippen molar-refractivity contribution in [1.82, 2.24) is 0 Å². The summed E-state index contributed by atoms with van der Waals surface area (Å²) in [4.78, 5) is 0.836. The predicted octanol–water partition coefficient (Wildman–Crippen LogP) is 4.86. The van der Waals surface area contributed by atoms with E-state index < -0.39 is 17.7 Å². The highest BCUT2D eigenvalue weighted by Gasteiger charge is 2.26. The summed E-state index contributed by atoms with van der Waals surface area (Å²) in [5, 5.41) is 5.71. The van der Waals surface area contributed by atoms with Crippen molar-refractivity contribution >= 4 is 38.7 Å². The van der Waals surface area contributed by atoms with Crippen LogP contribution in [0.3, 0.4) is 0 Å². The SMILES string of the molecule is Cc1ccc(S(=O)C=P(c2ccccc2)(c2ccccc2)c2ccccc2)cc1. The molecule has 0 aliphatic heterocycles. The maximum absolute atomic E-state index is 13.6. The average molecular weight is 415 g/mol. The molecule has 0 spiro atoms. The van der Waals surface area contributed by atoms with Crippen molar-refractivity contribution in [1.29, 1.82) is 0 Å². The zero-order chi connectivity index (χ0) is 20.1. The van der Waals surface area contributed by atoms with E-state index in [0.717, 1.165) is 4.90 Å². The normalized spacial score (nSPS) is 12.3. The van der Waals surface area contributed by atoms with Gasteiger partial charge in [0.15, 0.2) is 0 Å². The Balaban J connectivity index is 2.05. The first-order valence-electron chi connectivity index (χ1n) is 9.59.